The van der Waals surface area contributed by atoms with E-state index < -0.39 is 11.9 Å². The van der Waals surface area contributed by atoms with E-state index in [0.29, 0.717) is 52.4 Å². The fourth-order valence-electron chi connectivity index (χ4n) is 4.23. The van der Waals surface area contributed by atoms with E-state index in [0.717, 1.165) is 35.0 Å². The van der Waals surface area contributed by atoms with Gasteiger partial charge in [0.15, 0.2) is 17.3 Å². The molecule has 1 fully saturated rings. The molecule has 38 heavy (non-hydrogen) atoms. The predicted octanol–water partition coefficient (Wildman–Crippen LogP) is 5.55. The Morgan fingerprint density at radius 2 is 1.89 bits per heavy atom. The van der Waals surface area contributed by atoms with Gasteiger partial charge in [0, 0.05) is 18.2 Å². The van der Waals surface area contributed by atoms with E-state index in [2.05, 4.69) is 25.4 Å². The smallest absolute Gasteiger partial charge is 0.435 e. The lowest BCUT2D eigenvalue weighted by atomic mass is 10.1. The zero-order valence-electron chi connectivity index (χ0n) is 20.3. The number of fused-ring (bicyclic) bond motifs is 1. The highest BCUT2D eigenvalue weighted by molar-refractivity contribution is 7.16. The van der Waals surface area contributed by atoms with Crippen LogP contribution in [-0.4, -0.2) is 41.8 Å². The molecule has 1 N–H and O–H groups in total. The predicted molar refractivity (Wildman–Crippen MR) is 135 cm³/mol. The molecule has 9 nitrogen and oxygen atoms in total. The van der Waals surface area contributed by atoms with Crippen LogP contribution in [0.4, 0.5) is 19.0 Å². The zero-order valence-corrected chi connectivity index (χ0v) is 21.1. The van der Waals surface area contributed by atoms with Crippen LogP contribution in [0.25, 0.3) is 27.4 Å². The average Bonchev–Trinajstić information content (AvgIpc) is 3.51. The van der Waals surface area contributed by atoms with Crippen molar-refractivity contribution in [2.75, 3.05) is 12.4 Å². The molecule has 0 unspecified atom stereocenters. The minimum absolute atomic E-state index is 0.336. The summed E-state index contributed by atoms with van der Waals surface area (Å²) in [7, 11) is 1.56. The van der Waals surface area contributed by atoms with Gasteiger partial charge >= 0.3 is 6.18 Å². The van der Waals surface area contributed by atoms with Crippen molar-refractivity contribution in [3.05, 3.63) is 64.8 Å². The molecule has 1 aliphatic rings. The molecule has 0 radical (unpaired) electrons. The first-order valence-corrected chi connectivity index (χ1v) is 12.7. The third-order valence-electron chi connectivity index (χ3n) is 6.24. The van der Waals surface area contributed by atoms with E-state index in [9.17, 15) is 13.2 Å². The summed E-state index contributed by atoms with van der Waals surface area (Å²) >= 11 is 1.41. The number of hydrogen-bond donors (Lipinski definition) is 1. The van der Waals surface area contributed by atoms with Gasteiger partial charge < -0.3 is 10.1 Å². The summed E-state index contributed by atoms with van der Waals surface area (Å²) in [6.07, 6.45) is -0.898. The Labute approximate surface area is 218 Å². The average molecular weight is 539 g/mol. The van der Waals surface area contributed by atoms with Crippen LogP contribution in [0.2, 0.25) is 0 Å². The first kappa shape index (κ1) is 24.2. The lowest BCUT2D eigenvalue weighted by Gasteiger charge is -2.13. The van der Waals surface area contributed by atoms with Crippen LogP contribution in [0.1, 0.15) is 41.4 Å². The van der Waals surface area contributed by atoms with Gasteiger partial charge in [-0.15, -0.1) is 11.3 Å². The second-order valence-electron chi connectivity index (χ2n) is 8.92. The molecule has 6 rings (SSSR count). The van der Waals surface area contributed by atoms with Gasteiger partial charge in [-0.25, -0.2) is 29.6 Å². The quantitative estimate of drug-likeness (QED) is 0.288. The summed E-state index contributed by atoms with van der Waals surface area (Å²) in [4.78, 5) is 23.4. The maximum absolute atomic E-state index is 13.0. The van der Waals surface area contributed by atoms with Crippen molar-refractivity contribution in [1.82, 2.24) is 34.7 Å². The lowest BCUT2D eigenvalue weighted by Crippen LogP contribution is -2.08. The third kappa shape index (κ3) is 4.53. The Morgan fingerprint density at radius 1 is 1.11 bits per heavy atom. The van der Waals surface area contributed by atoms with E-state index in [1.807, 2.05) is 12.1 Å². The van der Waals surface area contributed by atoms with Crippen LogP contribution in [0.5, 0.6) is 5.88 Å². The number of hydrogen-bond acceptors (Lipinski definition) is 9. The van der Waals surface area contributed by atoms with Gasteiger partial charge in [0.2, 0.25) is 5.88 Å². The normalized spacial score (nSPS) is 13.7. The number of thiazole rings is 1. The molecule has 1 aliphatic carbocycles. The Kier molecular flexibility index (Phi) is 5.94. The van der Waals surface area contributed by atoms with Gasteiger partial charge in [-0.1, -0.05) is 12.1 Å². The van der Waals surface area contributed by atoms with Gasteiger partial charge in [0.05, 0.1) is 24.0 Å². The van der Waals surface area contributed by atoms with Gasteiger partial charge in [-0.2, -0.15) is 18.3 Å². The molecule has 0 saturated heterocycles. The molecule has 4 aromatic heterocycles. The molecule has 0 aliphatic heterocycles. The van der Waals surface area contributed by atoms with Crippen molar-refractivity contribution >= 4 is 27.5 Å². The second kappa shape index (κ2) is 9.31. The summed E-state index contributed by atoms with van der Waals surface area (Å²) in [5, 5.41) is 7.05. The third-order valence-corrected chi connectivity index (χ3v) is 6.96. The van der Waals surface area contributed by atoms with Gasteiger partial charge in [-0.3, -0.25) is 0 Å². The number of aryl methyl sites for hydroxylation is 1. The number of rotatable bonds is 7. The Balaban J connectivity index is 1.28. The number of alkyl halides is 3. The highest BCUT2D eigenvalue weighted by Gasteiger charge is 2.34. The van der Waals surface area contributed by atoms with E-state index in [4.69, 9.17) is 14.7 Å². The zero-order chi connectivity index (χ0) is 26.4. The van der Waals surface area contributed by atoms with Crippen LogP contribution in [-0.2, 0) is 12.7 Å². The maximum atomic E-state index is 13.0. The highest BCUT2D eigenvalue weighted by atomic mass is 32.1. The fraction of sp³-hybridized carbons (Fsp3) is 0.280. The first-order chi connectivity index (χ1) is 18.3. The molecule has 0 spiro atoms. The minimum atomic E-state index is -4.49. The van der Waals surface area contributed by atoms with Gasteiger partial charge in [0.1, 0.15) is 22.2 Å². The van der Waals surface area contributed by atoms with Crippen molar-refractivity contribution in [2.24, 2.45) is 0 Å². The first-order valence-electron chi connectivity index (χ1n) is 11.8. The molecule has 5 aromatic rings. The van der Waals surface area contributed by atoms with Crippen molar-refractivity contribution in [3.8, 4) is 23.0 Å². The van der Waals surface area contributed by atoms with Crippen LogP contribution < -0.4 is 10.1 Å². The topological polar surface area (TPSA) is 104 Å². The highest BCUT2D eigenvalue weighted by Crippen LogP contribution is 2.45. The Morgan fingerprint density at radius 3 is 2.58 bits per heavy atom. The molecule has 0 amide bonds. The number of nitrogens with zero attached hydrogens (tertiary/aromatic N) is 7. The van der Waals surface area contributed by atoms with Crippen LogP contribution in [0.3, 0.4) is 0 Å². The number of halogens is 3. The summed E-state index contributed by atoms with van der Waals surface area (Å²) in [6, 6.07) is 8.15. The van der Waals surface area contributed by atoms with E-state index in [1.54, 1.807) is 31.7 Å². The number of aromatic nitrogens is 7. The Hall–Kier alpha value is -4.13. The second-order valence-corrected chi connectivity index (χ2v) is 9.75. The standard InChI is InChI=1S/C25H21F3N8OS/c1-13-9-17(25(26,27)28)35-36(13)16-7-3-14(4-8-16)10-29-22-20-24(38-12-32-20)34-21(33-22)18-19(15-5-6-15)30-11-31-23(18)37-2/h3-4,7-9,11-12,15H,5-6,10H2,1-2H3,(H,29,33,34). The number of ether oxygens (including phenoxy) is 1. The number of benzene rings is 1. The molecule has 0 bridgehead atoms. The molecular formula is C25H21F3N8OS. The van der Waals surface area contributed by atoms with Crippen molar-refractivity contribution in [3.63, 3.8) is 0 Å². The lowest BCUT2D eigenvalue weighted by molar-refractivity contribution is -0.141. The van der Waals surface area contributed by atoms with Crippen LogP contribution in [0, 0.1) is 6.92 Å². The van der Waals surface area contributed by atoms with Crippen LogP contribution in [0.15, 0.2) is 42.2 Å². The molecule has 4 heterocycles. The van der Waals surface area contributed by atoms with Crippen LogP contribution >= 0.6 is 11.3 Å². The van der Waals surface area contributed by atoms with Gasteiger partial charge in [0.25, 0.3) is 0 Å². The van der Waals surface area contributed by atoms with E-state index >= 15 is 0 Å². The van der Waals surface area contributed by atoms with E-state index in [1.165, 1.54) is 22.3 Å². The minimum Gasteiger partial charge on any atom is -0.480 e. The number of nitrogens with one attached hydrogen (secondary N) is 1. The van der Waals surface area contributed by atoms with Gasteiger partial charge in [-0.05, 0) is 43.5 Å². The fourth-order valence-corrected chi connectivity index (χ4v) is 4.88. The monoisotopic (exact) mass is 538 g/mol. The molecule has 1 aromatic carbocycles. The number of methoxy groups -OCH3 is 1. The molecule has 0 atom stereocenters. The molecular weight excluding hydrogens is 517 g/mol. The van der Waals surface area contributed by atoms with E-state index in [-0.39, 0.29) is 0 Å². The van der Waals surface area contributed by atoms with Crippen molar-refractivity contribution in [2.45, 2.75) is 38.4 Å². The summed E-state index contributed by atoms with van der Waals surface area (Å²) in [6.45, 7) is 2.00. The van der Waals surface area contributed by atoms with Crippen molar-refractivity contribution < 1.29 is 17.9 Å². The molecule has 13 heteroatoms. The summed E-state index contributed by atoms with van der Waals surface area (Å²) in [5.74, 6) is 1.78. The summed E-state index contributed by atoms with van der Waals surface area (Å²) in [5.41, 5.74) is 4.84. The van der Waals surface area contributed by atoms with Crippen molar-refractivity contribution in [1.29, 1.82) is 0 Å². The maximum Gasteiger partial charge on any atom is 0.435 e. The largest absolute Gasteiger partial charge is 0.480 e. The molecule has 194 valence electrons. The molecule has 1 saturated carbocycles. The summed E-state index contributed by atoms with van der Waals surface area (Å²) < 4.78 is 45.9. The number of anilines is 1. The Bertz CT molecular complexity index is 1630. The SMILES string of the molecule is COc1ncnc(C2CC2)c1-c1nc(NCc2ccc(-n3nc(C(F)(F)F)cc3C)cc2)c2ncsc2n1.